The Hall–Kier alpha value is -8.20. The van der Waals surface area contributed by atoms with E-state index in [0.29, 0.717) is 0 Å². The molecule has 330 valence electrons. The Morgan fingerprint density at radius 2 is 0.768 bits per heavy atom. The zero-order valence-electron chi connectivity index (χ0n) is 40.0. The first kappa shape index (κ1) is 41.0. The molecule has 0 N–H and O–H groups in total. The molecule has 13 rings (SSSR count). The van der Waals surface area contributed by atoms with Crippen LogP contribution in [0.4, 0.5) is 34.1 Å². The number of anilines is 6. The fraction of sp³-hybridized carbons (Fsp3) is 0.104. The summed E-state index contributed by atoms with van der Waals surface area (Å²) in [5.41, 5.74) is 24.8. The fourth-order valence-corrected chi connectivity index (χ4v) is 12.2. The average molecular weight is 885 g/mol. The first-order chi connectivity index (χ1) is 33.7. The molecule has 0 aliphatic heterocycles. The molecule has 0 saturated carbocycles. The second-order valence-electron chi connectivity index (χ2n) is 19.5. The Morgan fingerprint density at radius 1 is 0.290 bits per heavy atom. The minimum Gasteiger partial charge on any atom is -0.310 e. The monoisotopic (exact) mass is 884 g/mol. The molecule has 0 aromatic heterocycles. The SMILES string of the molecule is Cc1cc(N(c2ccccc2)c2ccc3cc4c(cc3c2)C2(c3ccccc3-c3ccccc32)c2c-4c3ccccc3c3cc(N(c4ccccc4)c4cc(C)c(C)c(C)c4)ccc23)cc(C)c1C. The van der Waals surface area contributed by atoms with Crippen LogP contribution in [-0.2, 0) is 5.41 Å². The van der Waals surface area contributed by atoms with Gasteiger partial charge in [-0.05, 0) is 237 Å². The molecule has 2 aliphatic carbocycles. The lowest BCUT2D eigenvalue weighted by Gasteiger charge is -2.32. The molecule has 0 heterocycles. The van der Waals surface area contributed by atoms with Crippen molar-refractivity contribution in [1.29, 1.82) is 0 Å². The fourth-order valence-electron chi connectivity index (χ4n) is 12.2. The van der Waals surface area contributed by atoms with Crippen LogP contribution >= 0.6 is 0 Å². The van der Waals surface area contributed by atoms with Crippen molar-refractivity contribution in [2.24, 2.45) is 0 Å². The van der Waals surface area contributed by atoms with E-state index in [0.717, 1.165) is 22.7 Å². The standard InChI is InChI=1S/C67H52N2/c1-41-33-53(34-42(2)45(41)5)68(49-19-9-7-10-20-49)51-30-29-47-38-61-64(39-48(47)37-51)67(62-27-17-15-24-56(62)57-25-16-18-28-63(57)67)66-59-32-31-52(40-60(59)55-23-13-14-26-58(55)65(61)66)69(50-21-11-8-12-22-50)54-35-43(3)46(6)44(4)36-54/h7-40H,1-6H3. The number of hydrogen-bond donors (Lipinski definition) is 0. The first-order valence-electron chi connectivity index (χ1n) is 24.3. The van der Waals surface area contributed by atoms with Gasteiger partial charge in [0, 0.05) is 34.1 Å². The topological polar surface area (TPSA) is 6.48 Å². The van der Waals surface area contributed by atoms with Crippen LogP contribution in [0.5, 0.6) is 0 Å². The van der Waals surface area contributed by atoms with Crippen molar-refractivity contribution in [2.75, 3.05) is 9.80 Å². The summed E-state index contributed by atoms with van der Waals surface area (Å²) in [6.45, 7) is 13.4. The van der Waals surface area contributed by atoms with Crippen LogP contribution in [0.15, 0.2) is 206 Å². The molecule has 0 bridgehead atoms. The van der Waals surface area contributed by atoms with E-state index in [4.69, 9.17) is 0 Å². The maximum Gasteiger partial charge on any atom is 0.0731 e. The number of rotatable bonds is 6. The number of fused-ring (bicyclic) bond motifs is 16. The summed E-state index contributed by atoms with van der Waals surface area (Å²) in [6.07, 6.45) is 0. The van der Waals surface area contributed by atoms with Gasteiger partial charge in [-0.2, -0.15) is 0 Å². The van der Waals surface area contributed by atoms with Crippen molar-refractivity contribution < 1.29 is 0 Å². The summed E-state index contributed by atoms with van der Waals surface area (Å²) >= 11 is 0. The van der Waals surface area contributed by atoms with Crippen LogP contribution in [0.2, 0.25) is 0 Å². The molecular formula is C67H52N2. The van der Waals surface area contributed by atoms with Gasteiger partial charge in [-0.1, -0.05) is 121 Å². The molecule has 2 aliphatic rings. The molecule has 0 radical (unpaired) electrons. The van der Waals surface area contributed by atoms with Crippen molar-refractivity contribution in [3.63, 3.8) is 0 Å². The lowest BCUT2D eigenvalue weighted by Crippen LogP contribution is -2.26. The van der Waals surface area contributed by atoms with Gasteiger partial charge in [0.15, 0.2) is 0 Å². The predicted octanol–water partition coefficient (Wildman–Crippen LogP) is 18.3. The van der Waals surface area contributed by atoms with Gasteiger partial charge < -0.3 is 9.80 Å². The van der Waals surface area contributed by atoms with Crippen LogP contribution in [-0.4, -0.2) is 0 Å². The van der Waals surface area contributed by atoms with Crippen LogP contribution in [0.1, 0.15) is 55.6 Å². The Bertz CT molecular complexity index is 3830. The van der Waals surface area contributed by atoms with Gasteiger partial charge in [0.1, 0.15) is 0 Å². The summed E-state index contributed by atoms with van der Waals surface area (Å²) in [7, 11) is 0. The van der Waals surface area contributed by atoms with Gasteiger partial charge in [-0.25, -0.2) is 0 Å². The molecule has 2 heteroatoms. The molecule has 0 unspecified atom stereocenters. The summed E-state index contributed by atoms with van der Waals surface area (Å²) in [6, 6.07) is 78.0. The summed E-state index contributed by atoms with van der Waals surface area (Å²) in [4.78, 5) is 4.86. The van der Waals surface area contributed by atoms with Crippen LogP contribution in [0, 0.1) is 41.5 Å². The maximum atomic E-state index is 2.55. The normalized spacial score (nSPS) is 12.9. The third kappa shape index (κ3) is 5.98. The molecular weight excluding hydrogens is 833 g/mol. The van der Waals surface area contributed by atoms with Crippen LogP contribution in [0.3, 0.4) is 0 Å². The van der Waals surface area contributed by atoms with Crippen molar-refractivity contribution >= 4 is 66.4 Å². The summed E-state index contributed by atoms with van der Waals surface area (Å²) in [5, 5.41) is 7.53. The number of hydrogen-bond acceptors (Lipinski definition) is 2. The van der Waals surface area contributed by atoms with Gasteiger partial charge >= 0.3 is 0 Å². The molecule has 11 aromatic rings. The highest BCUT2D eigenvalue weighted by molar-refractivity contribution is 6.21. The van der Waals surface area contributed by atoms with Gasteiger partial charge in [0.2, 0.25) is 0 Å². The number of nitrogens with zero attached hydrogens (tertiary/aromatic N) is 2. The van der Waals surface area contributed by atoms with E-state index in [9.17, 15) is 0 Å². The van der Waals surface area contributed by atoms with E-state index in [2.05, 4.69) is 258 Å². The lowest BCUT2D eigenvalue weighted by atomic mass is 9.69. The summed E-state index contributed by atoms with van der Waals surface area (Å²) in [5.74, 6) is 0. The third-order valence-corrected chi connectivity index (χ3v) is 15.9. The van der Waals surface area contributed by atoms with Gasteiger partial charge in [0.25, 0.3) is 0 Å². The predicted molar refractivity (Wildman–Crippen MR) is 293 cm³/mol. The number of benzene rings is 11. The molecule has 0 atom stereocenters. The molecule has 0 fully saturated rings. The zero-order valence-corrected chi connectivity index (χ0v) is 40.0. The number of aryl methyl sites for hydroxylation is 4. The van der Waals surface area contributed by atoms with Crippen molar-refractivity contribution in [1.82, 2.24) is 0 Å². The van der Waals surface area contributed by atoms with E-state index in [1.165, 1.54) is 122 Å². The third-order valence-electron chi connectivity index (χ3n) is 15.9. The maximum absolute atomic E-state index is 2.55. The van der Waals surface area contributed by atoms with Crippen LogP contribution in [0.25, 0.3) is 54.6 Å². The highest BCUT2D eigenvalue weighted by Crippen LogP contribution is 2.66. The van der Waals surface area contributed by atoms with Gasteiger partial charge in [-0.15, -0.1) is 0 Å². The molecule has 0 amide bonds. The largest absolute Gasteiger partial charge is 0.310 e. The second kappa shape index (κ2) is 15.4. The van der Waals surface area contributed by atoms with E-state index < -0.39 is 5.41 Å². The van der Waals surface area contributed by atoms with Crippen molar-refractivity contribution in [3.8, 4) is 22.3 Å². The first-order valence-corrected chi connectivity index (χ1v) is 24.3. The second-order valence-corrected chi connectivity index (χ2v) is 19.5. The Labute approximate surface area is 405 Å². The molecule has 11 aromatic carbocycles. The molecule has 69 heavy (non-hydrogen) atoms. The van der Waals surface area contributed by atoms with E-state index in [1.807, 2.05) is 0 Å². The minimum atomic E-state index is -0.569. The average Bonchev–Trinajstić information content (AvgIpc) is 3.84. The van der Waals surface area contributed by atoms with E-state index in [1.54, 1.807) is 0 Å². The van der Waals surface area contributed by atoms with Crippen molar-refractivity contribution in [3.05, 3.63) is 262 Å². The highest BCUT2D eigenvalue weighted by Gasteiger charge is 2.53. The van der Waals surface area contributed by atoms with E-state index in [-0.39, 0.29) is 0 Å². The van der Waals surface area contributed by atoms with Crippen molar-refractivity contribution in [2.45, 2.75) is 47.0 Å². The molecule has 0 saturated heterocycles. The lowest BCUT2D eigenvalue weighted by molar-refractivity contribution is 0.803. The smallest absolute Gasteiger partial charge is 0.0731 e. The van der Waals surface area contributed by atoms with Gasteiger partial charge in [0.05, 0.1) is 5.41 Å². The summed E-state index contributed by atoms with van der Waals surface area (Å²) < 4.78 is 0. The number of para-hydroxylation sites is 2. The molecule has 2 nitrogen and oxygen atoms in total. The Morgan fingerprint density at radius 3 is 1.33 bits per heavy atom. The highest BCUT2D eigenvalue weighted by atomic mass is 15.1. The minimum absolute atomic E-state index is 0.569. The van der Waals surface area contributed by atoms with E-state index >= 15 is 0 Å². The Kier molecular flexibility index (Phi) is 9.17. The Balaban J connectivity index is 1.11. The molecule has 1 spiro atoms. The quantitative estimate of drug-likeness (QED) is 0.154. The van der Waals surface area contributed by atoms with Gasteiger partial charge in [-0.3, -0.25) is 0 Å². The zero-order chi connectivity index (χ0) is 46.7. The van der Waals surface area contributed by atoms with Crippen LogP contribution < -0.4 is 9.80 Å².